The van der Waals surface area contributed by atoms with Gasteiger partial charge in [0.1, 0.15) is 5.82 Å². The first-order valence-corrected chi connectivity index (χ1v) is 7.10. The van der Waals surface area contributed by atoms with Crippen LogP contribution in [0.4, 0.5) is 4.39 Å². The van der Waals surface area contributed by atoms with Gasteiger partial charge in [-0.25, -0.2) is 17.1 Å². The molecule has 18 heavy (non-hydrogen) atoms. The highest BCUT2D eigenvalue weighted by atomic mass is 32.2. The molecule has 1 heterocycles. The van der Waals surface area contributed by atoms with Crippen LogP contribution in [-0.2, 0) is 10.0 Å². The van der Waals surface area contributed by atoms with Crippen molar-refractivity contribution in [2.24, 2.45) is 5.10 Å². The fraction of sp³-hybridized carbons (Fsp3) is 0.300. The van der Waals surface area contributed by atoms with Crippen LogP contribution in [-0.4, -0.2) is 36.8 Å². The van der Waals surface area contributed by atoms with Gasteiger partial charge in [0, 0.05) is 0 Å². The van der Waals surface area contributed by atoms with E-state index in [0.717, 1.165) is 0 Å². The summed E-state index contributed by atoms with van der Waals surface area (Å²) in [5, 5.41) is 13.7. The second-order valence-corrected chi connectivity index (χ2v) is 5.93. The van der Waals surface area contributed by atoms with Crippen molar-refractivity contribution in [3.8, 4) is 0 Å². The third kappa shape index (κ3) is 2.25. The summed E-state index contributed by atoms with van der Waals surface area (Å²) in [7, 11) is -5.04. The van der Waals surface area contributed by atoms with E-state index in [-0.39, 0.29) is 5.75 Å². The van der Waals surface area contributed by atoms with Gasteiger partial charge >= 0.3 is 7.05 Å². The molecule has 5 nitrogen and oxygen atoms in total. The molecule has 96 valence electrons. The minimum Gasteiger partial charge on any atom is -0.427 e. The molecule has 1 aromatic rings. The highest BCUT2D eigenvalue weighted by molar-refractivity contribution is 7.90. The monoisotopic (exact) mass is 270 g/mol. The number of sulfonamides is 1. The minimum atomic E-state index is -3.64. The van der Waals surface area contributed by atoms with Crippen molar-refractivity contribution < 1.29 is 17.8 Å². The predicted molar refractivity (Wildman–Crippen MR) is 67.5 cm³/mol. The van der Waals surface area contributed by atoms with Gasteiger partial charge in [-0.05, 0) is 29.6 Å². The molecule has 1 aliphatic heterocycles. The third-order valence-corrected chi connectivity index (χ3v) is 4.38. The Morgan fingerprint density at radius 1 is 1.50 bits per heavy atom. The van der Waals surface area contributed by atoms with E-state index in [9.17, 15) is 17.8 Å². The van der Waals surface area contributed by atoms with Gasteiger partial charge in [-0.3, -0.25) is 0 Å². The van der Waals surface area contributed by atoms with E-state index in [4.69, 9.17) is 0 Å². The van der Waals surface area contributed by atoms with Crippen molar-refractivity contribution in [2.45, 2.75) is 13.3 Å². The first kappa shape index (κ1) is 13.0. The van der Waals surface area contributed by atoms with Gasteiger partial charge in [0.05, 0.1) is 12.0 Å². The molecule has 0 saturated heterocycles. The molecule has 1 aliphatic rings. The van der Waals surface area contributed by atoms with Gasteiger partial charge in [0.25, 0.3) is 0 Å². The molecular formula is C10H12BFN2O3S. The number of rotatable bonds is 3. The fourth-order valence-electron chi connectivity index (χ4n) is 1.77. The maximum absolute atomic E-state index is 13.0. The Labute approximate surface area is 105 Å². The zero-order chi connectivity index (χ0) is 13.3. The summed E-state index contributed by atoms with van der Waals surface area (Å²) in [6, 6.07) is 3.73. The number of benzene rings is 1. The third-order valence-electron chi connectivity index (χ3n) is 2.59. The van der Waals surface area contributed by atoms with Crippen molar-refractivity contribution in [1.82, 2.24) is 4.33 Å². The van der Waals surface area contributed by atoms with Crippen LogP contribution in [0.5, 0.6) is 0 Å². The maximum Gasteiger partial charge on any atom is 0.484 e. The molecular weight excluding hydrogens is 258 g/mol. The zero-order valence-electron chi connectivity index (χ0n) is 9.75. The SMILES string of the molecule is CCCS(=O)(=O)N1N=Cc2cc(F)ccc2B1O. The Kier molecular flexibility index (Phi) is 3.40. The van der Waals surface area contributed by atoms with Crippen molar-refractivity contribution >= 4 is 28.8 Å². The first-order chi connectivity index (χ1) is 8.45. The van der Waals surface area contributed by atoms with Gasteiger partial charge in [0.2, 0.25) is 10.0 Å². The molecule has 1 N–H and O–H groups in total. The second kappa shape index (κ2) is 4.70. The summed E-state index contributed by atoms with van der Waals surface area (Å²) in [6.07, 6.45) is 1.66. The summed E-state index contributed by atoms with van der Waals surface area (Å²) in [4.78, 5) is 0. The molecule has 8 heteroatoms. The number of hydrogen-bond acceptors (Lipinski definition) is 4. The van der Waals surface area contributed by atoms with Gasteiger partial charge in [-0.1, -0.05) is 13.0 Å². The Balaban J connectivity index is 2.40. The summed E-state index contributed by atoms with van der Waals surface area (Å²) >= 11 is 0. The highest BCUT2D eigenvalue weighted by Crippen LogP contribution is 2.12. The van der Waals surface area contributed by atoms with Crippen molar-refractivity contribution in [3.05, 3.63) is 29.6 Å². The summed E-state index contributed by atoms with van der Waals surface area (Å²) in [5.41, 5.74) is 0.705. The molecule has 1 aromatic carbocycles. The van der Waals surface area contributed by atoms with Gasteiger partial charge in [0.15, 0.2) is 0 Å². The zero-order valence-corrected chi connectivity index (χ0v) is 10.6. The molecule has 0 bridgehead atoms. The average molecular weight is 270 g/mol. The van der Waals surface area contributed by atoms with Crippen LogP contribution in [0.1, 0.15) is 18.9 Å². The van der Waals surface area contributed by atoms with E-state index in [1.165, 1.54) is 24.4 Å². The molecule has 0 amide bonds. The summed E-state index contributed by atoms with van der Waals surface area (Å²) in [5.74, 6) is -0.560. The number of hydrogen-bond donors (Lipinski definition) is 1. The van der Waals surface area contributed by atoms with Crippen LogP contribution in [0.2, 0.25) is 0 Å². The maximum atomic E-state index is 13.0. The van der Waals surface area contributed by atoms with Gasteiger partial charge in [-0.2, -0.15) is 5.10 Å². The molecule has 0 unspecified atom stereocenters. The standard InChI is InChI=1S/C10H12BFN2O3S/c1-2-5-18(16,17)14-11(15)10-4-3-9(12)6-8(10)7-13-14/h3-4,6-7,15H,2,5H2,1H3. The molecule has 0 spiro atoms. The van der Waals surface area contributed by atoms with Crippen LogP contribution < -0.4 is 5.46 Å². The molecule has 2 rings (SSSR count). The number of halogens is 1. The minimum absolute atomic E-state index is 0.0993. The topological polar surface area (TPSA) is 70.0 Å². The van der Waals surface area contributed by atoms with E-state index in [2.05, 4.69) is 5.10 Å². The Morgan fingerprint density at radius 2 is 2.22 bits per heavy atom. The van der Waals surface area contributed by atoms with Crippen molar-refractivity contribution in [1.29, 1.82) is 0 Å². The number of nitrogens with zero attached hydrogens (tertiary/aromatic N) is 2. The Hall–Kier alpha value is -1.41. The van der Waals surface area contributed by atoms with Crippen molar-refractivity contribution in [2.75, 3.05) is 5.75 Å². The van der Waals surface area contributed by atoms with Crippen LogP contribution in [0.15, 0.2) is 23.3 Å². The average Bonchev–Trinajstić information content (AvgIpc) is 2.28. The van der Waals surface area contributed by atoms with E-state index in [0.29, 0.717) is 21.8 Å². The van der Waals surface area contributed by atoms with E-state index in [1.807, 2.05) is 0 Å². The van der Waals surface area contributed by atoms with E-state index in [1.54, 1.807) is 6.92 Å². The van der Waals surface area contributed by atoms with Crippen LogP contribution in [0, 0.1) is 5.82 Å². The second-order valence-electron chi connectivity index (χ2n) is 3.98. The smallest absolute Gasteiger partial charge is 0.427 e. The summed E-state index contributed by atoms with van der Waals surface area (Å²) in [6.45, 7) is 1.72. The lowest BCUT2D eigenvalue weighted by Crippen LogP contribution is -2.52. The van der Waals surface area contributed by atoms with Gasteiger partial charge in [-0.15, -0.1) is 0 Å². The molecule has 0 aliphatic carbocycles. The lowest BCUT2D eigenvalue weighted by atomic mass is 9.72. The number of hydrazone groups is 1. The quantitative estimate of drug-likeness (QED) is 0.780. The first-order valence-electron chi connectivity index (χ1n) is 5.49. The lowest BCUT2D eigenvalue weighted by molar-refractivity contribution is 0.475. The molecule has 0 saturated carbocycles. The van der Waals surface area contributed by atoms with Crippen LogP contribution in [0.3, 0.4) is 0 Å². The number of fused-ring (bicyclic) bond motifs is 1. The van der Waals surface area contributed by atoms with Gasteiger partial charge < -0.3 is 5.02 Å². The van der Waals surface area contributed by atoms with Crippen LogP contribution >= 0.6 is 0 Å². The Morgan fingerprint density at radius 3 is 2.89 bits per heavy atom. The highest BCUT2D eigenvalue weighted by Gasteiger charge is 2.36. The lowest BCUT2D eigenvalue weighted by Gasteiger charge is -2.25. The molecule has 0 aromatic heterocycles. The fourth-order valence-corrected chi connectivity index (χ4v) is 3.08. The molecule has 0 fully saturated rings. The van der Waals surface area contributed by atoms with E-state index < -0.39 is 22.9 Å². The normalized spacial score (nSPS) is 14.8. The molecule has 0 atom stereocenters. The van der Waals surface area contributed by atoms with Crippen LogP contribution in [0.25, 0.3) is 0 Å². The molecule has 0 radical (unpaired) electrons. The Bertz CT molecular complexity index is 591. The summed E-state index contributed by atoms with van der Waals surface area (Å²) < 4.78 is 37.4. The largest absolute Gasteiger partial charge is 0.484 e. The van der Waals surface area contributed by atoms with E-state index >= 15 is 0 Å². The predicted octanol–water partition coefficient (Wildman–Crippen LogP) is -0.0975. The van der Waals surface area contributed by atoms with Crippen molar-refractivity contribution in [3.63, 3.8) is 0 Å².